The first kappa shape index (κ1) is 21.4. The number of hydrogen-bond donors (Lipinski definition) is 2. The molecule has 2 aliphatic heterocycles. The van der Waals surface area contributed by atoms with Crippen LogP contribution < -0.4 is 11.5 Å². The van der Waals surface area contributed by atoms with Gasteiger partial charge in [-0.1, -0.05) is 60.7 Å². The van der Waals surface area contributed by atoms with Gasteiger partial charge in [-0.25, -0.2) is 0 Å². The summed E-state index contributed by atoms with van der Waals surface area (Å²) >= 11 is 0. The number of rotatable bonds is 10. The van der Waals surface area contributed by atoms with E-state index in [0.29, 0.717) is 26.3 Å². The molecule has 162 valence electrons. The molecule has 0 aliphatic carbocycles. The highest BCUT2D eigenvalue weighted by Crippen LogP contribution is 2.36. The minimum Gasteiger partial charge on any atom is -0.370 e. The average Bonchev–Trinajstić information content (AvgIpc) is 3.37. The highest BCUT2D eigenvalue weighted by atomic mass is 16.6. The van der Waals surface area contributed by atoms with E-state index in [2.05, 4.69) is 24.3 Å². The van der Waals surface area contributed by atoms with E-state index in [-0.39, 0.29) is 36.6 Å². The van der Waals surface area contributed by atoms with Gasteiger partial charge in [-0.2, -0.15) is 0 Å². The SMILES string of the molecule is NCCC(O[C@@H]1COC2C1OC[C@H]2OC(CCN)c1ccccc1)c1ccccc1. The van der Waals surface area contributed by atoms with Crippen LogP contribution in [-0.4, -0.2) is 50.7 Å². The van der Waals surface area contributed by atoms with Crippen molar-refractivity contribution in [3.63, 3.8) is 0 Å². The van der Waals surface area contributed by atoms with Crippen LogP contribution in [-0.2, 0) is 18.9 Å². The van der Waals surface area contributed by atoms with Crippen molar-refractivity contribution >= 4 is 0 Å². The zero-order valence-electron chi connectivity index (χ0n) is 17.3. The molecule has 2 aromatic rings. The predicted octanol–water partition coefficient (Wildman–Crippen LogP) is 2.73. The first-order valence-electron chi connectivity index (χ1n) is 10.8. The summed E-state index contributed by atoms with van der Waals surface area (Å²) in [6, 6.07) is 20.4. The van der Waals surface area contributed by atoms with Crippen molar-refractivity contribution in [3.05, 3.63) is 71.8 Å². The van der Waals surface area contributed by atoms with Gasteiger partial charge in [0.05, 0.1) is 25.4 Å². The topological polar surface area (TPSA) is 89.0 Å². The van der Waals surface area contributed by atoms with Crippen LogP contribution in [0.1, 0.15) is 36.2 Å². The first-order valence-corrected chi connectivity index (χ1v) is 10.8. The maximum atomic E-state index is 6.43. The minimum atomic E-state index is -0.134. The highest BCUT2D eigenvalue weighted by molar-refractivity contribution is 5.19. The van der Waals surface area contributed by atoms with E-state index in [1.165, 1.54) is 0 Å². The van der Waals surface area contributed by atoms with Crippen molar-refractivity contribution in [2.75, 3.05) is 26.3 Å². The molecular formula is C24H32N2O4. The number of benzene rings is 2. The quantitative estimate of drug-likeness (QED) is 0.624. The molecule has 0 bridgehead atoms. The maximum absolute atomic E-state index is 6.43. The van der Waals surface area contributed by atoms with Crippen LogP contribution in [0, 0.1) is 0 Å². The number of ether oxygens (including phenoxy) is 4. The van der Waals surface area contributed by atoms with E-state index in [1.54, 1.807) is 0 Å². The largest absolute Gasteiger partial charge is 0.370 e. The van der Waals surface area contributed by atoms with Gasteiger partial charge in [0.15, 0.2) is 0 Å². The molecule has 6 atom stereocenters. The molecule has 0 aromatic heterocycles. The van der Waals surface area contributed by atoms with E-state index < -0.39 is 0 Å². The van der Waals surface area contributed by atoms with Crippen LogP contribution in [0.4, 0.5) is 0 Å². The average molecular weight is 413 g/mol. The Labute approximate surface area is 178 Å². The lowest BCUT2D eigenvalue weighted by Crippen LogP contribution is -2.35. The molecule has 6 heteroatoms. The van der Waals surface area contributed by atoms with Crippen LogP contribution in [0.25, 0.3) is 0 Å². The second-order valence-corrected chi connectivity index (χ2v) is 7.90. The molecule has 2 aliphatic rings. The zero-order chi connectivity index (χ0) is 20.8. The summed E-state index contributed by atoms with van der Waals surface area (Å²) < 4.78 is 25.1. The second-order valence-electron chi connectivity index (χ2n) is 7.90. The predicted molar refractivity (Wildman–Crippen MR) is 115 cm³/mol. The fourth-order valence-corrected chi connectivity index (χ4v) is 4.35. The molecule has 2 saturated heterocycles. The van der Waals surface area contributed by atoms with Crippen LogP contribution in [0.2, 0.25) is 0 Å². The van der Waals surface area contributed by atoms with Crippen LogP contribution in [0.15, 0.2) is 60.7 Å². The molecule has 2 heterocycles. The van der Waals surface area contributed by atoms with Gasteiger partial charge >= 0.3 is 0 Å². The lowest BCUT2D eigenvalue weighted by Gasteiger charge is -2.25. The van der Waals surface area contributed by atoms with Crippen molar-refractivity contribution in [1.29, 1.82) is 0 Å². The summed E-state index contributed by atoms with van der Waals surface area (Å²) in [6.07, 6.45) is 0.842. The molecule has 2 aromatic carbocycles. The Balaban J connectivity index is 1.40. The summed E-state index contributed by atoms with van der Waals surface area (Å²) in [5.41, 5.74) is 13.9. The van der Waals surface area contributed by atoms with E-state index in [0.717, 1.165) is 24.0 Å². The monoisotopic (exact) mass is 412 g/mol. The van der Waals surface area contributed by atoms with Gasteiger partial charge in [0, 0.05) is 0 Å². The highest BCUT2D eigenvalue weighted by Gasteiger charge is 2.50. The Bertz CT molecular complexity index is 695. The molecule has 4 rings (SSSR count). The molecule has 4 N–H and O–H groups in total. The lowest BCUT2D eigenvalue weighted by atomic mass is 10.0. The Hall–Kier alpha value is -1.80. The van der Waals surface area contributed by atoms with Gasteiger partial charge in [0.2, 0.25) is 0 Å². The van der Waals surface area contributed by atoms with Crippen molar-refractivity contribution in [1.82, 2.24) is 0 Å². The standard InChI is InChI=1S/C24H32N2O4/c25-13-11-19(17-7-3-1-4-8-17)29-21-15-27-24-22(16-28-23(21)24)30-20(12-14-26)18-9-5-2-6-10-18/h1-10,19-24H,11-16,25-26H2/t19?,20?,21-,22-,23?,24?/m1/s1. The third-order valence-electron chi connectivity index (χ3n) is 5.84. The minimum absolute atomic E-state index is 0.0681. The molecular weight excluding hydrogens is 380 g/mol. The van der Waals surface area contributed by atoms with E-state index >= 15 is 0 Å². The third kappa shape index (κ3) is 4.91. The number of hydrogen-bond acceptors (Lipinski definition) is 6. The van der Waals surface area contributed by atoms with Crippen molar-refractivity contribution < 1.29 is 18.9 Å². The Kier molecular flexibility index (Phi) is 7.49. The number of fused-ring (bicyclic) bond motifs is 1. The summed E-state index contributed by atoms with van der Waals surface area (Å²) in [5.74, 6) is 0. The molecule has 0 amide bonds. The molecule has 6 nitrogen and oxygen atoms in total. The van der Waals surface area contributed by atoms with Crippen molar-refractivity contribution in [2.45, 2.75) is 49.5 Å². The van der Waals surface area contributed by atoms with E-state index in [4.69, 9.17) is 30.4 Å². The summed E-state index contributed by atoms with van der Waals surface area (Å²) in [7, 11) is 0. The summed E-state index contributed by atoms with van der Waals surface area (Å²) in [5, 5.41) is 0. The summed E-state index contributed by atoms with van der Waals surface area (Å²) in [4.78, 5) is 0. The first-order chi connectivity index (χ1) is 14.8. The Morgan fingerprint density at radius 2 is 1.10 bits per heavy atom. The maximum Gasteiger partial charge on any atom is 0.115 e. The zero-order valence-corrected chi connectivity index (χ0v) is 17.3. The lowest BCUT2D eigenvalue weighted by molar-refractivity contribution is -0.0898. The van der Waals surface area contributed by atoms with Gasteiger partial charge in [-0.15, -0.1) is 0 Å². The van der Waals surface area contributed by atoms with E-state index in [1.807, 2.05) is 36.4 Å². The Morgan fingerprint density at radius 1 is 0.700 bits per heavy atom. The van der Waals surface area contributed by atoms with Crippen molar-refractivity contribution in [2.24, 2.45) is 11.5 Å². The molecule has 4 unspecified atom stereocenters. The Morgan fingerprint density at radius 3 is 1.47 bits per heavy atom. The molecule has 2 fully saturated rings. The van der Waals surface area contributed by atoms with Gasteiger partial charge in [0.25, 0.3) is 0 Å². The van der Waals surface area contributed by atoms with Gasteiger partial charge in [0.1, 0.15) is 24.4 Å². The normalized spacial score (nSPS) is 27.7. The van der Waals surface area contributed by atoms with E-state index in [9.17, 15) is 0 Å². The fourth-order valence-electron chi connectivity index (χ4n) is 4.35. The second kappa shape index (κ2) is 10.5. The van der Waals surface area contributed by atoms with Crippen LogP contribution >= 0.6 is 0 Å². The number of nitrogens with two attached hydrogens (primary N) is 2. The molecule has 0 radical (unpaired) electrons. The summed E-state index contributed by atoms with van der Waals surface area (Å²) in [6.45, 7) is 2.11. The van der Waals surface area contributed by atoms with Crippen molar-refractivity contribution in [3.8, 4) is 0 Å². The van der Waals surface area contributed by atoms with Crippen LogP contribution in [0.5, 0.6) is 0 Å². The smallest absolute Gasteiger partial charge is 0.115 e. The third-order valence-corrected chi connectivity index (χ3v) is 5.84. The molecule has 30 heavy (non-hydrogen) atoms. The molecule has 0 spiro atoms. The van der Waals surface area contributed by atoms with Crippen LogP contribution in [0.3, 0.4) is 0 Å². The fraction of sp³-hybridized carbons (Fsp3) is 0.500. The van der Waals surface area contributed by atoms with Gasteiger partial charge in [-0.3, -0.25) is 0 Å². The molecule has 0 saturated carbocycles. The van der Waals surface area contributed by atoms with Gasteiger partial charge in [-0.05, 0) is 37.1 Å². The van der Waals surface area contributed by atoms with Gasteiger partial charge < -0.3 is 30.4 Å².